The van der Waals surface area contributed by atoms with Crippen molar-refractivity contribution in [2.45, 2.75) is 30.8 Å². The van der Waals surface area contributed by atoms with Crippen LogP contribution in [0.3, 0.4) is 0 Å². The van der Waals surface area contributed by atoms with E-state index < -0.39 is 15.6 Å². The van der Waals surface area contributed by atoms with Gasteiger partial charge in [-0.25, -0.2) is 8.42 Å². The number of carbonyl (C=O) groups is 1. The van der Waals surface area contributed by atoms with Gasteiger partial charge in [0, 0.05) is 28.9 Å². The number of allylic oxidation sites excluding steroid dienone is 1. The number of methoxy groups -OCH3 is 1. The first-order chi connectivity index (χ1) is 17.0. The third kappa shape index (κ3) is 5.69. The molecule has 0 radical (unpaired) electrons. The molecular weight excluding hydrogens is 476 g/mol. The maximum atomic E-state index is 11.8. The second kappa shape index (κ2) is 10.8. The van der Waals surface area contributed by atoms with E-state index in [1.54, 1.807) is 7.11 Å². The molecule has 7 nitrogen and oxygen atoms in total. The summed E-state index contributed by atoms with van der Waals surface area (Å²) >= 11 is 0. The molecular formula is C28H28N2O5S. The molecule has 36 heavy (non-hydrogen) atoms. The number of carbonyl (C=O) groups excluding carboxylic acids is 1. The summed E-state index contributed by atoms with van der Waals surface area (Å²) in [5.41, 5.74) is 12.4. The summed E-state index contributed by atoms with van der Waals surface area (Å²) in [7, 11) is -1.72. The molecule has 3 aromatic carbocycles. The molecule has 0 saturated heterocycles. The molecule has 0 atom stereocenters. The quantitative estimate of drug-likeness (QED) is 0.406. The predicted molar refractivity (Wildman–Crippen MR) is 139 cm³/mol. The van der Waals surface area contributed by atoms with E-state index in [-0.39, 0.29) is 28.2 Å². The Morgan fingerprint density at radius 3 is 2.03 bits per heavy atom. The van der Waals surface area contributed by atoms with Gasteiger partial charge < -0.3 is 15.4 Å². The number of rotatable bonds is 5. The molecule has 0 heterocycles. The molecule has 0 amide bonds. The smallest absolute Gasteiger partial charge is 0.362 e. The van der Waals surface area contributed by atoms with Crippen molar-refractivity contribution in [1.82, 2.24) is 0 Å². The van der Waals surface area contributed by atoms with E-state index in [1.807, 2.05) is 24.3 Å². The van der Waals surface area contributed by atoms with Crippen LogP contribution in [-0.2, 0) is 21.9 Å². The maximum absolute atomic E-state index is 11.8. The molecule has 1 aliphatic rings. The first-order valence-corrected chi connectivity index (χ1v) is 13.0. The third-order valence-corrected chi connectivity index (χ3v) is 7.28. The average Bonchev–Trinajstić information content (AvgIpc) is 2.88. The molecule has 0 aliphatic heterocycles. The largest absolute Gasteiger partial charge is 0.497 e. The van der Waals surface area contributed by atoms with Crippen molar-refractivity contribution in [1.29, 1.82) is 0 Å². The molecule has 0 bridgehead atoms. The van der Waals surface area contributed by atoms with Gasteiger partial charge >= 0.3 is 5.71 Å². The highest BCUT2D eigenvalue weighted by Gasteiger charge is 2.28. The van der Waals surface area contributed by atoms with E-state index in [1.165, 1.54) is 41.5 Å². The zero-order valence-electron chi connectivity index (χ0n) is 20.6. The van der Waals surface area contributed by atoms with E-state index in [0.717, 1.165) is 17.6 Å². The number of hydrogen-bond donors (Lipinski definition) is 1. The molecule has 0 saturated carbocycles. The predicted octanol–water partition coefficient (Wildman–Crippen LogP) is 4.48. The van der Waals surface area contributed by atoms with Gasteiger partial charge in [-0.2, -0.15) is 4.79 Å². The van der Waals surface area contributed by atoms with Gasteiger partial charge in [0.15, 0.2) is 9.84 Å². The fourth-order valence-corrected chi connectivity index (χ4v) is 4.80. The summed E-state index contributed by atoms with van der Waals surface area (Å²) in [6.45, 7) is 4.48. The van der Waals surface area contributed by atoms with Crippen LogP contribution in [0.4, 0.5) is 0 Å². The molecule has 0 spiro atoms. The Balaban J connectivity index is 0.000000202. The van der Waals surface area contributed by atoms with Crippen LogP contribution in [0.2, 0.25) is 0 Å². The van der Waals surface area contributed by atoms with Crippen LogP contribution < -0.4 is 4.74 Å². The fourth-order valence-electron chi connectivity index (χ4n) is 3.89. The highest BCUT2D eigenvalue weighted by Crippen LogP contribution is 2.32. The zero-order chi connectivity index (χ0) is 26.5. The SMILES string of the molecule is COc1ccc(C(C)(C)c2ccc(CO)cc2)cc1.CS(=O)(=O)c1cccc2c1C=CC(=[N+]=[N-])C2=O. The minimum Gasteiger partial charge on any atom is -0.497 e. The lowest BCUT2D eigenvalue weighted by Gasteiger charge is -2.26. The number of benzene rings is 3. The van der Waals surface area contributed by atoms with Crippen molar-refractivity contribution >= 4 is 27.4 Å². The standard InChI is InChI=1S/C17H20O2.C11H8N2O3S/c1-17(2,14-6-4-13(12-18)5-7-14)15-8-10-16(19-3)11-9-15;1-17(15,16)10-4-2-3-8-7(10)5-6-9(13-12)11(8)14/h4-11,18H,12H2,1-3H3;2-6H,1H3. The van der Waals surface area contributed by atoms with E-state index in [9.17, 15) is 13.2 Å². The van der Waals surface area contributed by atoms with Gasteiger partial charge in [-0.05, 0) is 41.0 Å². The van der Waals surface area contributed by atoms with Crippen LogP contribution in [0.15, 0.2) is 77.7 Å². The summed E-state index contributed by atoms with van der Waals surface area (Å²) in [6.07, 6.45) is 3.83. The number of ether oxygens (including phenoxy) is 1. The third-order valence-electron chi connectivity index (χ3n) is 6.13. The summed E-state index contributed by atoms with van der Waals surface area (Å²) in [6, 6.07) is 20.7. The van der Waals surface area contributed by atoms with Gasteiger partial charge in [-0.3, -0.25) is 4.79 Å². The highest BCUT2D eigenvalue weighted by molar-refractivity contribution is 7.90. The number of sulfone groups is 1. The fraction of sp³-hybridized carbons (Fsp3) is 0.214. The van der Waals surface area contributed by atoms with E-state index in [4.69, 9.17) is 15.4 Å². The topological polar surface area (TPSA) is 117 Å². The van der Waals surface area contributed by atoms with Crippen LogP contribution in [0.25, 0.3) is 11.6 Å². The molecule has 4 rings (SSSR count). The number of Topliss-reactive ketones (excluding diaryl/α,β-unsaturated/α-hetero) is 1. The summed E-state index contributed by atoms with van der Waals surface area (Å²) < 4.78 is 28.3. The van der Waals surface area contributed by atoms with Crippen molar-refractivity contribution in [2.75, 3.05) is 13.4 Å². The Morgan fingerprint density at radius 1 is 0.944 bits per heavy atom. The molecule has 3 aromatic rings. The Kier molecular flexibility index (Phi) is 8.05. The molecule has 0 fully saturated rings. The summed E-state index contributed by atoms with van der Waals surface area (Å²) in [4.78, 5) is 14.7. The Bertz CT molecular complexity index is 1400. The molecule has 1 aliphatic carbocycles. The molecule has 0 unspecified atom stereocenters. The van der Waals surface area contributed by atoms with Gasteiger partial charge in [0.2, 0.25) is 0 Å². The van der Waals surface area contributed by atoms with Crippen molar-refractivity contribution in [3.63, 3.8) is 0 Å². The van der Waals surface area contributed by atoms with Crippen molar-refractivity contribution in [3.8, 4) is 5.75 Å². The van der Waals surface area contributed by atoms with Crippen molar-refractivity contribution < 1.29 is 27.8 Å². The molecule has 186 valence electrons. The van der Waals surface area contributed by atoms with E-state index >= 15 is 0 Å². The average molecular weight is 505 g/mol. The molecule has 1 N–H and O–H groups in total. The highest BCUT2D eigenvalue weighted by atomic mass is 32.2. The maximum Gasteiger partial charge on any atom is 0.362 e. The van der Waals surface area contributed by atoms with Gasteiger partial charge in [0.1, 0.15) is 5.75 Å². The minimum absolute atomic E-state index is 0.0692. The van der Waals surface area contributed by atoms with Crippen molar-refractivity contribution in [2.24, 2.45) is 0 Å². The number of ketones is 1. The summed E-state index contributed by atoms with van der Waals surface area (Å²) in [5.74, 6) is 0.380. The van der Waals surface area contributed by atoms with Crippen LogP contribution in [-0.4, -0.2) is 43.2 Å². The Labute approximate surface area is 211 Å². The lowest BCUT2D eigenvalue weighted by Crippen LogP contribution is -2.19. The van der Waals surface area contributed by atoms with Gasteiger partial charge in [-0.15, -0.1) is 0 Å². The molecule has 8 heteroatoms. The van der Waals surface area contributed by atoms with E-state index in [0.29, 0.717) is 5.56 Å². The lowest BCUT2D eigenvalue weighted by molar-refractivity contribution is -0.00436. The zero-order valence-corrected chi connectivity index (χ0v) is 21.4. The first kappa shape index (κ1) is 26.8. The number of fused-ring (bicyclic) bond motifs is 1. The van der Waals surface area contributed by atoms with Gasteiger partial charge in [0.25, 0.3) is 5.78 Å². The van der Waals surface area contributed by atoms with E-state index in [2.05, 4.69) is 42.9 Å². The number of hydrogen-bond acceptors (Lipinski definition) is 5. The summed E-state index contributed by atoms with van der Waals surface area (Å²) in [5, 5.41) is 9.09. The minimum atomic E-state index is -3.40. The Morgan fingerprint density at radius 2 is 1.53 bits per heavy atom. The van der Waals surface area contributed by atoms with Crippen LogP contribution >= 0.6 is 0 Å². The number of aliphatic hydroxyl groups excluding tert-OH is 1. The normalized spacial score (nSPS) is 12.8. The lowest BCUT2D eigenvalue weighted by atomic mass is 9.78. The van der Waals surface area contributed by atoms with Crippen LogP contribution in [0, 0.1) is 0 Å². The first-order valence-electron chi connectivity index (χ1n) is 11.2. The van der Waals surface area contributed by atoms with Crippen LogP contribution in [0.5, 0.6) is 5.75 Å². The monoisotopic (exact) mass is 504 g/mol. The molecule has 0 aromatic heterocycles. The van der Waals surface area contributed by atoms with Gasteiger partial charge in [-0.1, -0.05) is 62.4 Å². The second-order valence-corrected chi connectivity index (χ2v) is 10.8. The van der Waals surface area contributed by atoms with Crippen molar-refractivity contribution in [3.05, 3.63) is 106 Å². The number of nitrogens with zero attached hydrogens (tertiary/aromatic N) is 2. The Hall–Kier alpha value is -3.84. The van der Waals surface area contributed by atoms with Gasteiger partial charge in [0.05, 0.1) is 18.6 Å². The second-order valence-electron chi connectivity index (χ2n) is 8.85. The van der Waals surface area contributed by atoms with Crippen LogP contribution in [0.1, 0.15) is 46.5 Å². The number of aliphatic hydroxyl groups is 1.